The highest BCUT2D eigenvalue weighted by Gasteiger charge is 2.22. The summed E-state index contributed by atoms with van der Waals surface area (Å²) in [5.74, 6) is 1.26. The van der Waals surface area contributed by atoms with Gasteiger partial charge in [0.1, 0.15) is 5.75 Å². The fourth-order valence-corrected chi connectivity index (χ4v) is 1.65. The Morgan fingerprint density at radius 1 is 1.36 bits per heavy atom. The summed E-state index contributed by atoms with van der Waals surface area (Å²) >= 11 is 0. The molecule has 76 valence electrons. The van der Waals surface area contributed by atoms with Crippen LogP contribution in [0.3, 0.4) is 0 Å². The van der Waals surface area contributed by atoms with E-state index >= 15 is 0 Å². The lowest BCUT2D eigenvalue weighted by molar-refractivity contribution is 0.466. The van der Waals surface area contributed by atoms with E-state index in [1.54, 1.807) is 6.07 Å². The summed E-state index contributed by atoms with van der Waals surface area (Å²) in [6.07, 6.45) is 3.69. The summed E-state index contributed by atoms with van der Waals surface area (Å²) in [5.41, 5.74) is 2.26. The number of aromatic hydroxyl groups is 1. The fourth-order valence-electron chi connectivity index (χ4n) is 1.65. The Kier molecular flexibility index (Phi) is 2.36. The molecule has 0 spiro atoms. The maximum absolute atomic E-state index is 9.67. The van der Waals surface area contributed by atoms with Crippen LogP contribution in [0.1, 0.15) is 18.4 Å². The largest absolute Gasteiger partial charge is 0.508 e. The Bertz CT molecular complexity index is 329. The van der Waals surface area contributed by atoms with E-state index in [9.17, 15) is 5.11 Å². The van der Waals surface area contributed by atoms with Crippen LogP contribution in [0.2, 0.25) is 0 Å². The Morgan fingerprint density at radius 3 is 2.64 bits per heavy atom. The van der Waals surface area contributed by atoms with Crippen molar-refractivity contribution in [1.82, 2.24) is 0 Å². The molecule has 2 nitrogen and oxygen atoms in total. The lowest BCUT2D eigenvalue weighted by Crippen LogP contribution is -2.08. The SMILES string of the molecule is CN(C)c1ccc(O)c(CC2CC2)c1. The summed E-state index contributed by atoms with van der Waals surface area (Å²) in [7, 11) is 4.04. The second-order valence-corrected chi connectivity index (χ2v) is 4.35. The van der Waals surface area contributed by atoms with Gasteiger partial charge in [0.15, 0.2) is 0 Å². The highest BCUT2D eigenvalue weighted by molar-refractivity contribution is 5.52. The van der Waals surface area contributed by atoms with Gasteiger partial charge in [-0.25, -0.2) is 0 Å². The predicted octanol–water partition coefficient (Wildman–Crippen LogP) is 2.41. The van der Waals surface area contributed by atoms with Crippen LogP contribution in [0.5, 0.6) is 5.75 Å². The molecule has 2 heteroatoms. The van der Waals surface area contributed by atoms with Gasteiger partial charge in [-0.3, -0.25) is 0 Å². The van der Waals surface area contributed by atoms with Crippen molar-refractivity contribution in [2.75, 3.05) is 19.0 Å². The number of hydrogen-bond acceptors (Lipinski definition) is 2. The standard InChI is InChI=1S/C12H17NO/c1-13(2)11-5-6-12(14)10(8-11)7-9-3-4-9/h5-6,8-9,14H,3-4,7H2,1-2H3. The van der Waals surface area contributed by atoms with Crippen molar-refractivity contribution in [2.24, 2.45) is 5.92 Å². The molecule has 1 fully saturated rings. The van der Waals surface area contributed by atoms with Gasteiger partial charge in [-0.2, -0.15) is 0 Å². The van der Waals surface area contributed by atoms with Crippen LogP contribution in [-0.4, -0.2) is 19.2 Å². The summed E-state index contributed by atoms with van der Waals surface area (Å²) in [5, 5.41) is 9.67. The van der Waals surface area contributed by atoms with E-state index in [-0.39, 0.29) is 0 Å². The number of rotatable bonds is 3. The molecular formula is C12H17NO. The molecule has 0 radical (unpaired) electrons. The number of hydrogen-bond donors (Lipinski definition) is 1. The Morgan fingerprint density at radius 2 is 2.07 bits per heavy atom. The van der Waals surface area contributed by atoms with Crippen molar-refractivity contribution in [3.05, 3.63) is 23.8 Å². The van der Waals surface area contributed by atoms with Crippen LogP contribution in [0, 0.1) is 5.92 Å². The molecule has 1 aliphatic rings. The Balaban J connectivity index is 2.21. The molecule has 2 rings (SSSR count). The quantitative estimate of drug-likeness (QED) is 0.793. The number of phenols is 1. The summed E-state index contributed by atoms with van der Waals surface area (Å²) in [6.45, 7) is 0. The van der Waals surface area contributed by atoms with E-state index in [2.05, 4.69) is 11.0 Å². The van der Waals surface area contributed by atoms with Gasteiger partial charge in [0.05, 0.1) is 0 Å². The van der Waals surface area contributed by atoms with E-state index in [0.717, 1.165) is 17.9 Å². The minimum Gasteiger partial charge on any atom is -0.508 e. The van der Waals surface area contributed by atoms with E-state index in [1.807, 2.05) is 20.2 Å². The molecule has 0 saturated heterocycles. The van der Waals surface area contributed by atoms with Crippen LogP contribution < -0.4 is 4.90 Å². The minimum atomic E-state index is 0.447. The average Bonchev–Trinajstić information content (AvgIpc) is 2.92. The molecule has 14 heavy (non-hydrogen) atoms. The van der Waals surface area contributed by atoms with Crippen molar-refractivity contribution < 1.29 is 5.11 Å². The number of benzene rings is 1. The molecule has 1 N–H and O–H groups in total. The smallest absolute Gasteiger partial charge is 0.118 e. The molecule has 0 amide bonds. The zero-order chi connectivity index (χ0) is 10.1. The average molecular weight is 191 g/mol. The first-order valence-electron chi connectivity index (χ1n) is 5.16. The second-order valence-electron chi connectivity index (χ2n) is 4.35. The molecule has 1 aliphatic carbocycles. The van der Waals surface area contributed by atoms with Crippen LogP contribution in [0.25, 0.3) is 0 Å². The molecule has 1 saturated carbocycles. The molecule has 0 unspecified atom stereocenters. The molecule has 0 aliphatic heterocycles. The highest BCUT2D eigenvalue weighted by atomic mass is 16.3. The van der Waals surface area contributed by atoms with Gasteiger partial charge in [-0.05, 0) is 48.9 Å². The third-order valence-electron chi connectivity index (χ3n) is 2.78. The highest BCUT2D eigenvalue weighted by Crippen LogP contribution is 2.36. The molecular weight excluding hydrogens is 174 g/mol. The summed E-state index contributed by atoms with van der Waals surface area (Å²) in [4.78, 5) is 2.07. The van der Waals surface area contributed by atoms with Crippen LogP contribution in [0.15, 0.2) is 18.2 Å². The van der Waals surface area contributed by atoms with Gasteiger partial charge < -0.3 is 10.0 Å². The maximum atomic E-state index is 9.67. The Hall–Kier alpha value is -1.18. The third-order valence-corrected chi connectivity index (χ3v) is 2.78. The fraction of sp³-hybridized carbons (Fsp3) is 0.500. The maximum Gasteiger partial charge on any atom is 0.118 e. The van der Waals surface area contributed by atoms with Gasteiger partial charge in [0, 0.05) is 19.8 Å². The third kappa shape index (κ3) is 2.00. The predicted molar refractivity (Wildman–Crippen MR) is 58.9 cm³/mol. The second kappa shape index (κ2) is 3.52. The molecule has 1 aromatic carbocycles. The van der Waals surface area contributed by atoms with Gasteiger partial charge in [0.2, 0.25) is 0 Å². The van der Waals surface area contributed by atoms with Gasteiger partial charge in [0.25, 0.3) is 0 Å². The first kappa shape index (κ1) is 9.38. The minimum absolute atomic E-state index is 0.447. The van der Waals surface area contributed by atoms with Crippen molar-refractivity contribution in [2.45, 2.75) is 19.3 Å². The molecule has 0 heterocycles. The first-order valence-corrected chi connectivity index (χ1v) is 5.16. The molecule has 0 atom stereocenters. The normalized spacial score (nSPS) is 15.6. The zero-order valence-corrected chi connectivity index (χ0v) is 8.83. The van der Waals surface area contributed by atoms with Gasteiger partial charge in [-0.15, -0.1) is 0 Å². The number of nitrogens with zero attached hydrogens (tertiary/aromatic N) is 1. The lowest BCUT2D eigenvalue weighted by Gasteiger charge is -2.14. The van der Waals surface area contributed by atoms with Crippen LogP contribution in [-0.2, 0) is 6.42 Å². The van der Waals surface area contributed by atoms with Crippen LogP contribution in [0.4, 0.5) is 5.69 Å². The number of phenolic OH excluding ortho intramolecular Hbond substituents is 1. The van der Waals surface area contributed by atoms with Crippen molar-refractivity contribution >= 4 is 5.69 Å². The van der Waals surface area contributed by atoms with E-state index in [4.69, 9.17) is 0 Å². The van der Waals surface area contributed by atoms with Crippen molar-refractivity contribution in [1.29, 1.82) is 0 Å². The number of anilines is 1. The van der Waals surface area contributed by atoms with E-state index in [0.29, 0.717) is 5.75 Å². The molecule has 0 aromatic heterocycles. The topological polar surface area (TPSA) is 23.5 Å². The molecule has 1 aromatic rings. The first-order chi connectivity index (χ1) is 6.66. The molecule has 0 bridgehead atoms. The van der Waals surface area contributed by atoms with E-state index < -0.39 is 0 Å². The Labute approximate surface area is 85.2 Å². The monoisotopic (exact) mass is 191 g/mol. The van der Waals surface area contributed by atoms with Gasteiger partial charge >= 0.3 is 0 Å². The van der Waals surface area contributed by atoms with Crippen molar-refractivity contribution in [3.8, 4) is 5.75 Å². The summed E-state index contributed by atoms with van der Waals surface area (Å²) in [6, 6.07) is 5.84. The van der Waals surface area contributed by atoms with Crippen LogP contribution >= 0.6 is 0 Å². The summed E-state index contributed by atoms with van der Waals surface area (Å²) < 4.78 is 0. The van der Waals surface area contributed by atoms with E-state index in [1.165, 1.54) is 18.5 Å². The van der Waals surface area contributed by atoms with Gasteiger partial charge in [-0.1, -0.05) is 0 Å². The lowest BCUT2D eigenvalue weighted by atomic mass is 10.1. The zero-order valence-electron chi connectivity index (χ0n) is 8.83. The van der Waals surface area contributed by atoms with Crippen molar-refractivity contribution in [3.63, 3.8) is 0 Å².